The van der Waals surface area contributed by atoms with Crippen LogP contribution in [0.4, 0.5) is 17.1 Å². The molecule has 0 aliphatic heterocycles. The predicted molar refractivity (Wildman–Crippen MR) is 153 cm³/mol. The molecule has 2 aromatic rings. The number of aliphatic hydroxyl groups is 1. The first-order chi connectivity index (χ1) is 17.6. The lowest BCUT2D eigenvalue weighted by Gasteiger charge is -2.16. The first-order valence-corrected chi connectivity index (χ1v) is 11.5. The van der Waals surface area contributed by atoms with Crippen molar-refractivity contribution >= 4 is 47.5 Å². The van der Waals surface area contributed by atoms with E-state index in [1.165, 1.54) is 6.08 Å². The van der Waals surface area contributed by atoms with Gasteiger partial charge in [0.25, 0.3) is 5.91 Å². The van der Waals surface area contributed by atoms with Gasteiger partial charge in [-0.2, -0.15) is 4.99 Å². The molecule has 1 aliphatic carbocycles. The van der Waals surface area contributed by atoms with Gasteiger partial charge in [-0.05, 0) is 49.0 Å². The lowest BCUT2D eigenvalue weighted by atomic mass is 9.93. The van der Waals surface area contributed by atoms with Gasteiger partial charge in [0.1, 0.15) is 11.6 Å². The molecule has 37 heavy (non-hydrogen) atoms. The molecule has 8 nitrogen and oxygen atoms in total. The number of nitrogens with one attached hydrogen (secondary N) is 1. The second kappa shape index (κ2) is 13.4. The van der Waals surface area contributed by atoms with E-state index in [1.807, 2.05) is 69.3 Å². The van der Waals surface area contributed by atoms with Crippen molar-refractivity contribution in [3.63, 3.8) is 0 Å². The monoisotopic (exact) mass is 499 g/mol. The van der Waals surface area contributed by atoms with Crippen molar-refractivity contribution in [1.82, 2.24) is 0 Å². The van der Waals surface area contributed by atoms with Crippen LogP contribution >= 0.6 is 0 Å². The molecule has 0 heterocycles. The Bertz CT molecular complexity index is 1280. The number of hydrogen-bond acceptors (Lipinski definition) is 5. The number of rotatable bonds is 6. The lowest BCUT2D eigenvalue weighted by molar-refractivity contribution is -0.111. The van der Waals surface area contributed by atoms with E-state index in [1.54, 1.807) is 24.3 Å². The number of nitrogen functional groups attached to an aromatic ring is 1. The van der Waals surface area contributed by atoms with E-state index in [2.05, 4.69) is 22.0 Å². The molecule has 3 rings (SSSR count). The highest BCUT2D eigenvalue weighted by Gasteiger charge is 2.19. The van der Waals surface area contributed by atoms with Crippen molar-refractivity contribution in [3.05, 3.63) is 95.8 Å². The fraction of sp³-hybridized carbons (Fsp3) is 0.172. The highest BCUT2D eigenvalue weighted by atomic mass is 16.3. The normalized spacial score (nSPS) is 14.8. The van der Waals surface area contributed by atoms with Crippen LogP contribution in [0.5, 0.6) is 0 Å². The zero-order chi connectivity index (χ0) is 27.4. The summed E-state index contributed by atoms with van der Waals surface area (Å²) >= 11 is 0. The number of amides is 2. The van der Waals surface area contributed by atoms with Gasteiger partial charge < -0.3 is 21.9 Å². The summed E-state index contributed by atoms with van der Waals surface area (Å²) in [5, 5.41) is 12.3. The van der Waals surface area contributed by atoms with Crippen LogP contribution < -0.4 is 16.8 Å². The van der Waals surface area contributed by atoms with E-state index >= 15 is 0 Å². The number of aliphatic hydroxyl groups excluding tert-OH is 1. The maximum absolute atomic E-state index is 13.0. The summed E-state index contributed by atoms with van der Waals surface area (Å²) in [6.07, 6.45) is 10.2. The molecular formula is C29H33N5O3. The standard InChI is InChI=1S/C21H19N3O.C8H14N2O2/c1-23-19-10-6-5-9-18(19)20(15-7-3-2-4-8-15)21(25)24-17-13-11-16(22)12-14-17;1-8(2,3)6(12)4-7(9)10-5-11/h2-7,9-14H,1,8,22H2,(H,24,25);4-5,12H,1-3H3,(H2,9,10,11)/b20-15+;6-4-. The maximum Gasteiger partial charge on any atom is 0.256 e. The Morgan fingerprint density at radius 1 is 1.11 bits per heavy atom. The Morgan fingerprint density at radius 2 is 1.78 bits per heavy atom. The maximum atomic E-state index is 13.0. The fourth-order valence-electron chi connectivity index (χ4n) is 3.18. The first-order valence-electron chi connectivity index (χ1n) is 11.5. The molecule has 0 bridgehead atoms. The van der Waals surface area contributed by atoms with E-state index < -0.39 is 0 Å². The second-order valence-corrected chi connectivity index (χ2v) is 9.08. The van der Waals surface area contributed by atoms with E-state index in [-0.39, 0.29) is 22.9 Å². The topological polar surface area (TPSA) is 143 Å². The summed E-state index contributed by atoms with van der Waals surface area (Å²) in [5.41, 5.74) is 14.9. The molecule has 0 fully saturated rings. The van der Waals surface area contributed by atoms with Gasteiger partial charge in [0.2, 0.25) is 6.41 Å². The molecule has 2 aromatic carbocycles. The number of allylic oxidation sites excluding steroid dienone is 6. The van der Waals surface area contributed by atoms with Crippen molar-refractivity contribution in [3.8, 4) is 0 Å². The third-order valence-corrected chi connectivity index (χ3v) is 5.20. The molecule has 0 aromatic heterocycles. The van der Waals surface area contributed by atoms with Crippen molar-refractivity contribution < 1.29 is 14.7 Å². The minimum atomic E-state index is -0.372. The van der Waals surface area contributed by atoms with Crippen molar-refractivity contribution in [1.29, 1.82) is 0 Å². The van der Waals surface area contributed by atoms with Gasteiger partial charge in [-0.1, -0.05) is 63.3 Å². The van der Waals surface area contributed by atoms with E-state index in [9.17, 15) is 14.7 Å². The van der Waals surface area contributed by atoms with Crippen molar-refractivity contribution in [2.45, 2.75) is 27.2 Å². The SMILES string of the molecule is C=Nc1ccccc1/C(C(=O)Nc1ccc(N)cc1)=C1/C=CC=CC1.CC(C)(C)/C(O)=C/C(N)=NC=O. The van der Waals surface area contributed by atoms with Crippen LogP contribution in [0.2, 0.25) is 0 Å². The summed E-state index contributed by atoms with van der Waals surface area (Å²) in [6, 6.07) is 14.6. The van der Waals surface area contributed by atoms with Gasteiger partial charge in [0.05, 0.1) is 11.3 Å². The molecule has 0 saturated carbocycles. The smallest absolute Gasteiger partial charge is 0.256 e. The number of amidine groups is 1. The molecule has 1 aliphatic rings. The fourth-order valence-corrected chi connectivity index (χ4v) is 3.18. The number of nitrogens with zero attached hydrogens (tertiary/aromatic N) is 2. The number of carbonyl (C=O) groups excluding carboxylic acids is 2. The molecule has 6 N–H and O–H groups in total. The van der Waals surface area contributed by atoms with Crippen molar-refractivity contribution in [2.24, 2.45) is 21.1 Å². The Balaban J connectivity index is 0.000000341. The number of carbonyl (C=O) groups is 2. The summed E-state index contributed by atoms with van der Waals surface area (Å²) < 4.78 is 0. The summed E-state index contributed by atoms with van der Waals surface area (Å²) in [7, 11) is 0. The average molecular weight is 500 g/mol. The number of hydrogen-bond donors (Lipinski definition) is 4. The molecule has 8 heteroatoms. The highest BCUT2D eigenvalue weighted by Crippen LogP contribution is 2.32. The van der Waals surface area contributed by atoms with Gasteiger partial charge >= 0.3 is 0 Å². The molecule has 0 atom stereocenters. The van der Waals surface area contributed by atoms with Crippen LogP contribution in [0.15, 0.2) is 100 Å². The zero-order valence-electron chi connectivity index (χ0n) is 21.3. The zero-order valence-corrected chi connectivity index (χ0v) is 21.3. The van der Waals surface area contributed by atoms with Gasteiger partial charge in [-0.3, -0.25) is 14.6 Å². The number of nitrogens with two attached hydrogens (primary N) is 2. The largest absolute Gasteiger partial charge is 0.512 e. The number of benzene rings is 2. The predicted octanol–water partition coefficient (Wildman–Crippen LogP) is 5.50. The minimum Gasteiger partial charge on any atom is -0.512 e. The highest BCUT2D eigenvalue weighted by molar-refractivity contribution is 6.27. The third kappa shape index (κ3) is 8.78. The van der Waals surface area contributed by atoms with Gasteiger partial charge in [0, 0.05) is 28.4 Å². The molecule has 192 valence electrons. The average Bonchev–Trinajstić information content (AvgIpc) is 2.86. The quantitative estimate of drug-likeness (QED) is 0.104. The van der Waals surface area contributed by atoms with Crippen LogP contribution in [-0.4, -0.2) is 30.0 Å². The summed E-state index contributed by atoms with van der Waals surface area (Å²) in [6.45, 7) is 9.10. The summed E-state index contributed by atoms with van der Waals surface area (Å²) in [4.78, 5) is 30.2. The lowest BCUT2D eigenvalue weighted by Crippen LogP contribution is -2.15. The Hall–Kier alpha value is -4.72. The van der Waals surface area contributed by atoms with E-state index in [0.717, 1.165) is 11.1 Å². The van der Waals surface area contributed by atoms with Crippen LogP contribution in [0.3, 0.4) is 0 Å². The minimum absolute atomic E-state index is 0.0115. The Morgan fingerprint density at radius 3 is 2.35 bits per heavy atom. The molecule has 2 amide bonds. The van der Waals surface area contributed by atoms with Crippen LogP contribution in [-0.2, 0) is 9.59 Å². The van der Waals surface area contributed by atoms with E-state index in [0.29, 0.717) is 35.5 Å². The Kier molecular flexibility index (Phi) is 10.3. The molecule has 0 spiro atoms. The van der Waals surface area contributed by atoms with Crippen LogP contribution in [0.1, 0.15) is 32.8 Å². The first kappa shape index (κ1) is 28.5. The second-order valence-electron chi connectivity index (χ2n) is 9.08. The summed E-state index contributed by atoms with van der Waals surface area (Å²) in [5.74, 6) is -0.0705. The van der Waals surface area contributed by atoms with Crippen molar-refractivity contribution in [2.75, 3.05) is 11.1 Å². The van der Waals surface area contributed by atoms with Gasteiger partial charge in [-0.15, -0.1) is 0 Å². The molecular weight excluding hydrogens is 466 g/mol. The van der Waals surface area contributed by atoms with Crippen LogP contribution in [0, 0.1) is 5.41 Å². The number of aliphatic imine (C=N–C) groups is 2. The van der Waals surface area contributed by atoms with Gasteiger partial charge in [-0.25, -0.2) is 0 Å². The van der Waals surface area contributed by atoms with Gasteiger partial charge in [0.15, 0.2) is 0 Å². The Labute approximate surface area is 217 Å². The van der Waals surface area contributed by atoms with E-state index in [4.69, 9.17) is 11.5 Å². The van der Waals surface area contributed by atoms with Crippen LogP contribution in [0.25, 0.3) is 5.57 Å². The molecule has 0 unspecified atom stereocenters. The number of para-hydroxylation sites is 1. The number of anilines is 2. The third-order valence-electron chi connectivity index (χ3n) is 5.20. The molecule has 0 saturated heterocycles. The molecule has 0 radical (unpaired) electrons.